The topological polar surface area (TPSA) is 83.8 Å². The van der Waals surface area contributed by atoms with Gasteiger partial charge in [0.25, 0.3) is 0 Å². The maximum Gasteiger partial charge on any atom is 0.333 e. The number of rotatable bonds is 8. The quantitative estimate of drug-likeness (QED) is 0.364. The minimum Gasteiger partial charge on any atom is -0.462 e. The molecule has 0 aromatic heterocycles. The first-order chi connectivity index (χ1) is 7.93. The lowest BCUT2D eigenvalue weighted by Crippen LogP contribution is -2.42. The summed E-state index contributed by atoms with van der Waals surface area (Å²) in [5.41, 5.74) is -0.746. The molecule has 0 heterocycles. The maximum absolute atomic E-state index is 11.2. The Hall–Kier alpha value is -1.20. The average molecular weight is 244 g/mol. The van der Waals surface area contributed by atoms with Crippen molar-refractivity contribution >= 4 is 12.3 Å². The molecule has 0 radical (unpaired) electrons. The molecule has 17 heavy (non-hydrogen) atoms. The fourth-order valence-corrected chi connectivity index (χ4v) is 1.32. The van der Waals surface area contributed by atoms with Gasteiger partial charge in [-0.05, 0) is 12.8 Å². The molecule has 0 aliphatic heterocycles. The van der Waals surface area contributed by atoms with E-state index in [-0.39, 0.29) is 37.7 Å². The molecule has 5 nitrogen and oxygen atoms in total. The van der Waals surface area contributed by atoms with Gasteiger partial charge >= 0.3 is 5.97 Å². The molecule has 0 amide bonds. The van der Waals surface area contributed by atoms with Crippen LogP contribution in [0.4, 0.5) is 0 Å². The summed E-state index contributed by atoms with van der Waals surface area (Å²) in [6.07, 6.45) is 0.900. The summed E-state index contributed by atoms with van der Waals surface area (Å²) in [4.78, 5) is 21.7. The molecule has 0 aliphatic carbocycles. The summed E-state index contributed by atoms with van der Waals surface area (Å²) < 4.78 is 4.94. The Bertz CT molecular complexity index is 281. The lowest BCUT2D eigenvalue weighted by molar-refractivity contribution is -0.147. The number of ether oxygens (including phenoxy) is 1. The zero-order chi connectivity index (χ0) is 13.5. The van der Waals surface area contributed by atoms with E-state index in [0.717, 1.165) is 0 Å². The number of hydrogen-bond acceptors (Lipinski definition) is 5. The third kappa shape index (κ3) is 4.28. The predicted octanol–water partition coefficient (Wildman–Crippen LogP) is 0.302. The summed E-state index contributed by atoms with van der Waals surface area (Å²) in [6, 6.07) is 0. The number of aliphatic hydroxyl groups excluding tert-OH is 2. The molecule has 0 aliphatic rings. The van der Waals surface area contributed by atoms with Crippen LogP contribution in [0.15, 0.2) is 12.2 Å². The molecule has 1 unspecified atom stereocenters. The first-order valence-electron chi connectivity index (χ1n) is 5.41. The van der Waals surface area contributed by atoms with Gasteiger partial charge in [-0.25, -0.2) is 4.79 Å². The largest absolute Gasteiger partial charge is 0.462 e. The Labute approximate surface area is 101 Å². The van der Waals surface area contributed by atoms with E-state index in [1.807, 2.05) is 0 Å². The Kier molecular flexibility index (Phi) is 6.68. The molecule has 2 N–H and O–H groups in total. The van der Waals surface area contributed by atoms with Gasteiger partial charge in [0.15, 0.2) is 0 Å². The number of hydrogen-bond donors (Lipinski definition) is 2. The number of aliphatic hydroxyl groups is 2. The van der Waals surface area contributed by atoms with Crippen molar-refractivity contribution in [3.05, 3.63) is 12.2 Å². The van der Waals surface area contributed by atoms with E-state index in [4.69, 9.17) is 4.74 Å². The first-order valence-corrected chi connectivity index (χ1v) is 5.41. The molecule has 5 heteroatoms. The highest BCUT2D eigenvalue weighted by Crippen LogP contribution is 2.29. The van der Waals surface area contributed by atoms with Crippen LogP contribution in [0.25, 0.3) is 0 Å². The van der Waals surface area contributed by atoms with Crippen LogP contribution >= 0.6 is 0 Å². The van der Waals surface area contributed by atoms with Crippen LogP contribution < -0.4 is 0 Å². The minimum absolute atomic E-state index is 0.138. The van der Waals surface area contributed by atoms with Crippen LogP contribution in [-0.2, 0) is 14.3 Å². The summed E-state index contributed by atoms with van der Waals surface area (Å²) in [6.45, 7) is 5.80. The van der Waals surface area contributed by atoms with Gasteiger partial charge in [-0.15, -0.1) is 0 Å². The molecule has 0 saturated heterocycles. The molecular formula is C12H20O5. The van der Waals surface area contributed by atoms with E-state index in [2.05, 4.69) is 6.58 Å². The van der Waals surface area contributed by atoms with Crippen LogP contribution in [0.5, 0.6) is 0 Å². The lowest BCUT2D eigenvalue weighted by Gasteiger charge is -2.34. The van der Waals surface area contributed by atoms with Gasteiger partial charge in [-0.3, -0.25) is 0 Å². The van der Waals surface area contributed by atoms with Crippen molar-refractivity contribution < 1.29 is 24.5 Å². The monoisotopic (exact) mass is 244 g/mol. The Morgan fingerprint density at radius 1 is 1.47 bits per heavy atom. The molecule has 0 fully saturated rings. The fourth-order valence-electron chi connectivity index (χ4n) is 1.32. The number of carbonyl (C=O) groups is 2. The zero-order valence-corrected chi connectivity index (χ0v) is 10.3. The van der Waals surface area contributed by atoms with E-state index in [9.17, 15) is 19.8 Å². The van der Waals surface area contributed by atoms with E-state index >= 15 is 0 Å². The zero-order valence-electron chi connectivity index (χ0n) is 10.3. The third-order valence-electron chi connectivity index (χ3n) is 2.96. The van der Waals surface area contributed by atoms with Gasteiger partial charge < -0.3 is 19.7 Å². The lowest BCUT2D eigenvalue weighted by atomic mass is 9.77. The summed E-state index contributed by atoms with van der Waals surface area (Å²) in [5.74, 6) is -0.859. The van der Waals surface area contributed by atoms with Gasteiger partial charge in [-0.2, -0.15) is 0 Å². The van der Waals surface area contributed by atoms with E-state index in [1.54, 1.807) is 6.92 Å². The smallest absolute Gasteiger partial charge is 0.333 e. The van der Waals surface area contributed by atoms with Gasteiger partial charge in [0.05, 0.1) is 18.6 Å². The van der Waals surface area contributed by atoms with Crippen molar-refractivity contribution in [2.75, 3.05) is 19.8 Å². The normalized spacial score (nSPS) is 12.9. The summed E-state index contributed by atoms with van der Waals surface area (Å²) >= 11 is 0. The predicted molar refractivity (Wildman–Crippen MR) is 62.2 cm³/mol. The standard InChI is InChI=1S/C12H20O5/c1-9(2)11(16)17-8-12(6-14,7-15)10(3)4-5-13/h5,10,14-15H,1,4,6-8H2,2-3H3. The van der Waals surface area contributed by atoms with Crippen LogP contribution in [0.3, 0.4) is 0 Å². The highest BCUT2D eigenvalue weighted by molar-refractivity contribution is 5.86. The van der Waals surface area contributed by atoms with Gasteiger partial charge in [0, 0.05) is 12.0 Å². The van der Waals surface area contributed by atoms with E-state index < -0.39 is 11.4 Å². The number of carbonyl (C=O) groups excluding carboxylic acids is 2. The Morgan fingerprint density at radius 2 is 2.00 bits per heavy atom. The first kappa shape index (κ1) is 15.8. The molecule has 0 aromatic carbocycles. The minimum atomic E-state index is -0.994. The molecule has 0 spiro atoms. The fraction of sp³-hybridized carbons (Fsp3) is 0.667. The van der Waals surface area contributed by atoms with Crippen LogP contribution in [0.1, 0.15) is 20.3 Å². The Balaban J connectivity index is 4.66. The molecule has 98 valence electrons. The van der Waals surface area contributed by atoms with Crippen LogP contribution in [0, 0.1) is 11.3 Å². The number of esters is 1. The van der Waals surface area contributed by atoms with Crippen LogP contribution in [-0.4, -0.2) is 42.3 Å². The molecule has 1 atom stereocenters. The second-order valence-corrected chi connectivity index (χ2v) is 4.34. The van der Waals surface area contributed by atoms with Crippen molar-refractivity contribution in [3.8, 4) is 0 Å². The van der Waals surface area contributed by atoms with Crippen molar-refractivity contribution in [1.82, 2.24) is 0 Å². The summed E-state index contributed by atoms with van der Waals surface area (Å²) in [5, 5.41) is 18.7. The van der Waals surface area contributed by atoms with E-state index in [1.165, 1.54) is 6.92 Å². The molecule has 0 bridgehead atoms. The van der Waals surface area contributed by atoms with Gasteiger partial charge in [0.1, 0.15) is 12.9 Å². The van der Waals surface area contributed by atoms with Crippen molar-refractivity contribution in [1.29, 1.82) is 0 Å². The van der Waals surface area contributed by atoms with Crippen molar-refractivity contribution in [3.63, 3.8) is 0 Å². The highest BCUT2D eigenvalue weighted by Gasteiger charge is 2.36. The van der Waals surface area contributed by atoms with Crippen LogP contribution in [0.2, 0.25) is 0 Å². The van der Waals surface area contributed by atoms with E-state index in [0.29, 0.717) is 6.29 Å². The molecular weight excluding hydrogens is 224 g/mol. The maximum atomic E-state index is 11.2. The average Bonchev–Trinajstić information content (AvgIpc) is 2.30. The molecule has 0 rings (SSSR count). The number of aldehydes is 1. The Morgan fingerprint density at radius 3 is 2.35 bits per heavy atom. The summed E-state index contributed by atoms with van der Waals surface area (Å²) in [7, 11) is 0. The molecule has 0 aromatic rings. The highest BCUT2D eigenvalue weighted by atomic mass is 16.5. The second-order valence-electron chi connectivity index (χ2n) is 4.34. The SMILES string of the molecule is C=C(C)C(=O)OCC(CO)(CO)C(C)CC=O. The van der Waals surface area contributed by atoms with Gasteiger partial charge in [0.2, 0.25) is 0 Å². The third-order valence-corrected chi connectivity index (χ3v) is 2.96. The van der Waals surface area contributed by atoms with Gasteiger partial charge in [-0.1, -0.05) is 13.5 Å². The van der Waals surface area contributed by atoms with Crippen molar-refractivity contribution in [2.45, 2.75) is 20.3 Å². The van der Waals surface area contributed by atoms with Crippen molar-refractivity contribution in [2.24, 2.45) is 11.3 Å². The second kappa shape index (κ2) is 7.19. The molecule has 0 saturated carbocycles.